The average Bonchev–Trinajstić information content (AvgIpc) is 2.59. The lowest BCUT2D eigenvalue weighted by Crippen LogP contribution is -2.20. The number of hydrogen-bond donors (Lipinski definition) is 2. The summed E-state index contributed by atoms with van der Waals surface area (Å²) in [6.45, 7) is 1.84. The van der Waals surface area contributed by atoms with Gasteiger partial charge in [0.1, 0.15) is 5.65 Å². The van der Waals surface area contributed by atoms with Crippen LogP contribution in [-0.4, -0.2) is 29.7 Å². The lowest BCUT2D eigenvalue weighted by atomic mass is 10.00. The molecule has 1 N–H and O–H groups in total. The van der Waals surface area contributed by atoms with Crippen LogP contribution in [0.3, 0.4) is 0 Å². The summed E-state index contributed by atoms with van der Waals surface area (Å²) >= 11 is 0. The second-order valence-electron chi connectivity index (χ2n) is 5.55. The topological polar surface area (TPSA) is 83.1 Å². The van der Waals surface area contributed by atoms with E-state index in [4.69, 9.17) is 0 Å². The van der Waals surface area contributed by atoms with Gasteiger partial charge in [-0.1, -0.05) is 24.3 Å². The van der Waals surface area contributed by atoms with Crippen LogP contribution >= 0.6 is 12.4 Å². The standard InChI is InChI=1S/C17H17N3O3S.ClH/c1-11(20(2)24(22)23)12-3-5-13(6-4-12)14-9-10-18-17-15(14)7-8-16(21)19-17;/h3-11,24H,1-2H3,(H,18,19,21);1H/t11-;/m1./s1. The molecule has 0 amide bonds. The molecule has 25 heavy (non-hydrogen) atoms. The van der Waals surface area contributed by atoms with Crippen molar-refractivity contribution < 1.29 is 8.42 Å². The lowest BCUT2D eigenvalue weighted by Gasteiger charge is -2.19. The maximum Gasteiger partial charge on any atom is 0.249 e. The molecule has 8 heteroatoms. The van der Waals surface area contributed by atoms with Crippen LogP contribution in [0.1, 0.15) is 18.5 Å². The molecule has 0 aliphatic heterocycles. The first-order valence-corrected chi connectivity index (χ1v) is 8.56. The number of aromatic nitrogens is 2. The molecule has 0 unspecified atom stereocenters. The zero-order chi connectivity index (χ0) is 17.3. The number of rotatable bonds is 4. The van der Waals surface area contributed by atoms with Crippen molar-refractivity contribution in [2.24, 2.45) is 0 Å². The number of halogens is 1. The molecular weight excluding hydrogens is 362 g/mol. The van der Waals surface area contributed by atoms with Crippen molar-refractivity contribution in [3.8, 4) is 11.1 Å². The Kier molecular flexibility index (Phi) is 5.94. The molecule has 6 nitrogen and oxygen atoms in total. The van der Waals surface area contributed by atoms with E-state index in [2.05, 4.69) is 9.97 Å². The fourth-order valence-corrected chi connectivity index (χ4v) is 3.03. The third-order valence-corrected chi connectivity index (χ3v) is 5.02. The molecule has 3 aromatic rings. The van der Waals surface area contributed by atoms with E-state index in [0.29, 0.717) is 5.65 Å². The van der Waals surface area contributed by atoms with Gasteiger partial charge in [-0.3, -0.25) is 4.79 Å². The van der Waals surface area contributed by atoms with Gasteiger partial charge in [0.15, 0.2) is 0 Å². The molecule has 0 aliphatic carbocycles. The molecule has 1 atom stereocenters. The van der Waals surface area contributed by atoms with Crippen LogP contribution < -0.4 is 5.56 Å². The van der Waals surface area contributed by atoms with Gasteiger partial charge in [-0.25, -0.2) is 17.7 Å². The molecule has 2 heterocycles. The van der Waals surface area contributed by atoms with E-state index in [9.17, 15) is 13.2 Å². The highest BCUT2D eigenvalue weighted by Crippen LogP contribution is 2.28. The number of pyridine rings is 2. The van der Waals surface area contributed by atoms with E-state index in [0.717, 1.165) is 22.1 Å². The minimum absolute atomic E-state index is 0. The molecule has 0 spiro atoms. The van der Waals surface area contributed by atoms with Gasteiger partial charge in [-0.05, 0) is 35.7 Å². The Labute approximate surface area is 153 Å². The molecule has 132 valence electrons. The number of nitrogens with one attached hydrogen (secondary N) is 1. The van der Waals surface area contributed by atoms with Crippen molar-refractivity contribution >= 4 is 34.3 Å². The Bertz CT molecular complexity index is 1010. The van der Waals surface area contributed by atoms with Crippen LogP contribution in [0.5, 0.6) is 0 Å². The third-order valence-electron chi connectivity index (χ3n) is 4.16. The summed E-state index contributed by atoms with van der Waals surface area (Å²) in [7, 11) is -1.06. The summed E-state index contributed by atoms with van der Waals surface area (Å²) in [4.78, 5) is 18.3. The Morgan fingerprint density at radius 2 is 1.76 bits per heavy atom. The molecule has 3 rings (SSSR count). The van der Waals surface area contributed by atoms with E-state index in [1.54, 1.807) is 19.3 Å². The van der Waals surface area contributed by atoms with E-state index < -0.39 is 10.9 Å². The molecule has 0 saturated heterocycles. The van der Waals surface area contributed by atoms with Gasteiger partial charge < -0.3 is 4.98 Å². The molecule has 2 aromatic heterocycles. The van der Waals surface area contributed by atoms with Gasteiger partial charge in [0.05, 0.1) is 0 Å². The average molecular weight is 380 g/mol. The first kappa shape index (κ1) is 19.1. The third kappa shape index (κ3) is 3.89. The number of H-pyrrole nitrogens is 1. The smallest absolute Gasteiger partial charge is 0.249 e. The van der Waals surface area contributed by atoms with Gasteiger partial charge in [-0.2, -0.15) is 0 Å². The van der Waals surface area contributed by atoms with Crippen molar-refractivity contribution in [1.29, 1.82) is 0 Å². The predicted octanol–water partition coefficient (Wildman–Crippen LogP) is 2.53. The lowest BCUT2D eigenvalue weighted by molar-refractivity contribution is 0.412. The first-order chi connectivity index (χ1) is 11.5. The van der Waals surface area contributed by atoms with Gasteiger partial charge in [-0.15, -0.1) is 12.4 Å². The number of hydrogen-bond acceptors (Lipinski definition) is 4. The summed E-state index contributed by atoms with van der Waals surface area (Å²) < 4.78 is 23.5. The van der Waals surface area contributed by atoms with Crippen molar-refractivity contribution in [2.75, 3.05) is 7.05 Å². The maximum absolute atomic E-state index is 11.4. The van der Waals surface area contributed by atoms with Crippen molar-refractivity contribution in [2.45, 2.75) is 13.0 Å². The van der Waals surface area contributed by atoms with Crippen LogP contribution in [0.15, 0.2) is 53.5 Å². The van der Waals surface area contributed by atoms with Gasteiger partial charge in [0.2, 0.25) is 16.4 Å². The molecule has 0 bridgehead atoms. The van der Waals surface area contributed by atoms with Crippen LogP contribution in [0.25, 0.3) is 22.2 Å². The van der Waals surface area contributed by atoms with E-state index in [1.807, 2.05) is 37.3 Å². The summed E-state index contributed by atoms with van der Waals surface area (Å²) in [5.41, 5.74) is 3.19. The quantitative estimate of drug-likeness (QED) is 0.682. The van der Waals surface area contributed by atoms with Crippen molar-refractivity contribution in [3.63, 3.8) is 0 Å². The van der Waals surface area contributed by atoms with Crippen LogP contribution in [0.2, 0.25) is 0 Å². The second kappa shape index (κ2) is 7.77. The molecule has 1 aromatic carbocycles. The highest BCUT2D eigenvalue weighted by molar-refractivity contribution is 7.69. The molecule has 0 aliphatic rings. The fraction of sp³-hybridized carbons (Fsp3) is 0.176. The van der Waals surface area contributed by atoms with Crippen LogP contribution in [0.4, 0.5) is 0 Å². The molecular formula is C17H18ClN3O3S. The van der Waals surface area contributed by atoms with E-state index in [-0.39, 0.29) is 24.0 Å². The number of aromatic amines is 1. The molecule has 0 saturated carbocycles. The highest BCUT2D eigenvalue weighted by Gasteiger charge is 2.13. The predicted molar refractivity (Wildman–Crippen MR) is 102 cm³/mol. The second-order valence-corrected chi connectivity index (χ2v) is 6.66. The first-order valence-electron chi connectivity index (χ1n) is 7.43. The maximum atomic E-state index is 11.4. The Hall–Kier alpha value is -2.22. The van der Waals surface area contributed by atoms with Gasteiger partial charge >= 0.3 is 0 Å². The van der Waals surface area contributed by atoms with Gasteiger partial charge in [0.25, 0.3) is 0 Å². The van der Waals surface area contributed by atoms with E-state index >= 15 is 0 Å². The fourth-order valence-electron chi connectivity index (χ4n) is 2.61. The number of fused-ring (bicyclic) bond motifs is 1. The van der Waals surface area contributed by atoms with Crippen LogP contribution in [-0.2, 0) is 10.9 Å². The largest absolute Gasteiger partial charge is 0.307 e. The summed E-state index contributed by atoms with van der Waals surface area (Å²) in [6.07, 6.45) is 1.65. The highest BCUT2D eigenvalue weighted by atomic mass is 35.5. The number of benzene rings is 1. The van der Waals surface area contributed by atoms with Crippen molar-refractivity contribution in [1.82, 2.24) is 14.3 Å². The Balaban J connectivity index is 0.00000225. The monoisotopic (exact) mass is 379 g/mol. The summed E-state index contributed by atoms with van der Waals surface area (Å²) in [5, 5.41) is 0.859. The SMILES string of the molecule is C[C@H](c1ccc(-c2ccnc3[nH]c(=O)ccc23)cc1)N(C)[SH](=O)=O.Cl. The van der Waals surface area contributed by atoms with E-state index in [1.165, 1.54) is 10.4 Å². The Morgan fingerprint density at radius 1 is 1.08 bits per heavy atom. The molecule has 0 fully saturated rings. The normalized spacial score (nSPS) is 12.3. The molecule has 0 radical (unpaired) electrons. The zero-order valence-electron chi connectivity index (χ0n) is 13.7. The van der Waals surface area contributed by atoms with Gasteiger partial charge in [0, 0.05) is 30.7 Å². The van der Waals surface area contributed by atoms with Crippen LogP contribution in [0, 0.1) is 0 Å². The minimum atomic E-state index is -2.61. The summed E-state index contributed by atoms with van der Waals surface area (Å²) in [5.74, 6) is 0. The minimum Gasteiger partial charge on any atom is -0.307 e. The zero-order valence-corrected chi connectivity index (χ0v) is 15.4. The number of nitrogens with zero attached hydrogens (tertiary/aromatic N) is 2. The summed E-state index contributed by atoms with van der Waals surface area (Å²) in [6, 6.07) is 12.6. The van der Waals surface area contributed by atoms with Crippen molar-refractivity contribution in [3.05, 3.63) is 64.6 Å². The number of thiol groups is 1. The Morgan fingerprint density at radius 3 is 2.40 bits per heavy atom.